The van der Waals surface area contributed by atoms with Gasteiger partial charge in [-0.2, -0.15) is 0 Å². The van der Waals surface area contributed by atoms with Gasteiger partial charge in [0.25, 0.3) is 0 Å². The molecule has 0 heterocycles. The zero-order valence-corrected chi connectivity index (χ0v) is 15.2. The van der Waals surface area contributed by atoms with Crippen LogP contribution in [-0.4, -0.2) is 43.1 Å². The van der Waals surface area contributed by atoms with Gasteiger partial charge >= 0.3 is 0 Å². The van der Waals surface area contributed by atoms with Crippen molar-refractivity contribution in [3.05, 3.63) is 54.1 Å². The molecule has 0 aliphatic carbocycles. The normalized spacial score (nSPS) is 10.7. The predicted octanol–water partition coefficient (Wildman–Crippen LogP) is 3.20. The molecule has 5 nitrogen and oxygen atoms in total. The summed E-state index contributed by atoms with van der Waals surface area (Å²) in [6.45, 7) is -0.0650. The molecule has 0 saturated carbocycles. The van der Waals surface area contributed by atoms with Crippen LogP contribution in [0.2, 0.25) is 0 Å². The highest BCUT2D eigenvalue weighted by atomic mass is 32.2. The molecule has 2 N–H and O–H groups in total. The van der Waals surface area contributed by atoms with Crippen LogP contribution in [0.4, 0.5) is 20.2 Å². The lowest BCUT2D eigenvalue weighted by Gasteiger charge is -2.17. The van der Waals surface area contributed by atoms with E-state index >= 15 is 0 Å². The van der Waals surface area contributed by atoms with Crippen molar-refractivity contribution in [2.45, 2.75) is 4.90 Å². The van der Waals surface area contributed by atoms with Crippen LogP contribution < -0.4 is 10.6 Å². The maximum absolute atomic E-state index is 13.1. The van der Waals surface area contributed by atoms with Gasteiger partial charge < -0.3 is 10.6 Å². The van der Waals surface area contributed by atoms with Crippen LogP contribution >= 0.6 is 11.8 Å². The molecular weight excluding hydrogens is 360 g/mol. The molecule has 0 saturated heterocycles. The van der Waals surface area contributed by atoms with Crippen molar-refractivity contribution in [3.63, 3.8) is 0 Å². The van der Waals surface area contributed by atoms with Crippen LogP contribution in [0.1, 0.15) is 0 Å². The van der Waals surface area contributed by atoms with Crippen molar-refractivity contribution < 1.29 is 18.4 Å². The number of rotatable bonds is 7. The molecule has 2 rings (SSSR count). The lowest BCUT2D eigenvalue weighted by molar-refractivity contribution is -0.119. The van der Waals surface area contributed by atoms with E-state index < -0.39 is 17.5 Å². The number of nitrogens with one attached hydrogen (secondary N) is 2. The van der Waals surface area contributed by atoms with Crippen molar-refractivity contribution >= 4 is 35.0 Å². The zero-order chi connectivity index (χ0) is 19.1. The first-order valence-electron chi connectivity index (χ1n) is 7.75. The molecule has 0 radical (unpaired) electrons. The maximum atomic E-state index is 13.1. The van der Waals surface area contributed by atoms with Crippen molar-refractivity contribution in [1.29, 1.82) is 0 Å². The van der Waals surface area contributed by atoms with Crippen molar-refractivity contribution in [2.24, 2.45) is 0 Å². The Morgan fingerprint density at radius 2 is 1.65 bits per heavy atom. The fraction of sp³-hybridized carbons (Fsp3) is 0.222. The molecule has 26 heavy (non-hydrogen) atoms. The Balaban J connectivity index is 1.85. The third-order valence-electron chi connectivity index (χ3n) is 3.41. The Hall–Kier alpha value is -2.45. The summed E-state index contributed by atoms with van der Waals surface area (Å²) in [6.07, 6.45) is 1.92. The number of anilines is 2. The van der Waals surface area contributed by atoms with E-state index in [9.17, 15) is 18.4 Å². The molecule has 0 aliphatic rings. The Labute approximate surface area is 154 Å². The Morgan fingerprint density at radius 1 is 1.00 bits per heavy atom. The van der Waals surface area contributed by atoms with E-state index in [1.165, 1.54) is 22.7 Å². The molecule has 138 valence electrons. The van der Waals surface area contributed by atoms with Crippen LogP contribution in [-0.2, 0) is 9.59 Å². The summed E-state index contributed by atoms with van der Waals surface area (Å²) in [7, 11) is 1.62. The second-order valence-electron chi connectivity index (χ2n) is 5.60. The number of carbonyl (C=O) groups excluding carboxylic acids is 2. The number of benzene rings is 2. The van der Waals surface area contributed by atoms with Gasteiger partial charge in [0.05, 0.1) is 18.8 Å². The number of carbonyl (C=O) groups is 2. The lowest BCUT2D eigenvalue weighted by Crippen LogP contribution is -2.36. The topological polar surface area (TPSA) is 61.4 Å². The minimum Gasteiger partial charge on any atom is -0.325 e. The van der Waals surface area contributed by atoms with E-state index in [-0.39, 0.29) is 24.7 Å². The van der Waals surface area contributed by atoms with Gasteiger partial charge in [-0.05, 0) is 37.6 Å². The van der Waals surface area contributed by atoms with Gasteiger partial charge in [-0.15, -0.1) is 11.8 Å². The largest absolute Gasteiger partial charge is 0.325 e. The van der Waals surface area contributed by atoms with Crippen LogP contribution in [0, 0.1) is 11.6 Å². The second-order valence-corrected chi connectivity index (χ2v) is 6.45. The van der Waals surface area contributed by atoms with Gasteiger partial charge in [0.15, 0.2) is 11.6 Å². The lowest BCUT2D eigenvalue weighted by atomic mass is 10.3. The number of amides is 2. The number of nitrogens with zero attached hydrogens (tertiary/aromatic N) is 1. The van der Waals surface area contributed by atoms with Crippen molar-refractivity contribution in [3.8, 4) is 0 Å². The number of hydrogen-bond donors (Lipinski definition) is 2. The molecule has 0 unspecified atom stereocenters. The van der Waals surface area contributed by atoms with E-state index in [4.69, 9.17) is 0 Å². The molecule has 0 aliphatic heterocycles. The summed E-state index contributed by atoms with van der Waals surface area (Å²) in [4.78, 5) is 26.5. The molecule has 0 atom stereocenters. The first-order valence-corrected chi connectivity index (χ1v) is 8.98. The molecule has 0 aromatic heterocycles. The highest BCUT2D eigenvalue weighted by molar-refractivity contribution is 7.98. The minimum atomic E-state index is -1.04. The Morgan fingerprint density at radius 3 is 2.31 bits per heavy atom. The van der Waals surface area contributed by atoms with Crippen LogP contribution in [0.15, 0.2) is 47.4 Å². The van der Waals surface area contributed by atoms with Crippen LogP contribution in [0.25, 0.3) is 0 Å². The monoisotopic (exact) mass is 379 g/mol. The van der Waals surface area contributed by atoms with Crippen LogP contribution in [0.3, 0.4) is 0 Å². The SMILES string of the molecule is CSc1ccccc1NC(=O)CN(C)CC(=O)Nc1ccc(F)c(F)c1. The predicted molar refractivity (Wildman–Crippen MR) is 99.3 cm³/mol. The molecule has 0 bridgehead atoms. The van der Waals surface area contributed by atoms with E-state index in [0.717, 1.165) is 17.0 Å². The molecular formula is C18H19F2N3O2S. The summed E-state index contributed by atoms with van der Waals surface area (Å²) in [5.74, 6) is -2.71. The first-order chi connectivity index (χ1) is 12.4. The first kappa shape index (κ1) is 19.9. The highest BCUT2D eigenvalue weighted by Gasteiger charge is 2.13. The van der Waals surface area contributed by atoms with E-state index in [1.807, 2.05) is 24.5 Å². The maximum Gasteiger partial charge on any atom is 0.238 e. The number of thioether (sulfide) groups is 1. The minimum absolute atomic E-state index is 0.00785. The van der Waals surface area contributed by atoms with Crippen molar-refractivity contribution in [1.82, 2.24) is 4.90 Å². The van der Waals surface area contributed by atoms with Gasteiger partial charge in [0.2, 0.25) is 11.8 Å². The fourth-order valence-corrected chi connectivity index (χ4v) is 2.81. The number of hydrogen-bond acceptors (Lipinski definition) is 4. The molecule has 2 amide bonds. The quantitative estimate of drug-likeness (QED) is 0.726. The molecule has 8 heteroatoms. The third kappa shape index (κ3) is 5.82. The fourth-order valence-electron chi connectivity index (χ4n) is 2.26. The van der Waals surface area contributed by atoms with Crippen molar-refractivity contribution in [2.75, 3.05) is 37.0 Å². The van der Waals surface area contributed by atoms with E-state index in [1.54, 1.807) is 13.1 Å². The van der Waals surface area contributed by atoms with E-state index in [2.05, 4.69) is 10.6 Å². The molecule has 2 aromatic carbocycles. The number of likely N-dealkylation sites (N-methyl/N-ethyl adjacent to an activating group) is 1. The standard InChI is InChI=1S/C18H19F2N3O2S/c1-23(10-17(24)21-12-7-8-13(19)14(20)9-12)11-18(25)22-15-5-3-4-6-16(15)26-2/h3-9H,10-11H2,1-2H3,(H,21,24)(H,22,25). The third-order valence-corrected chi connectivity index (χ3v) is 4.21. The number of halogens is 2. The average molecular weight is 379 g/mol. The van der Waals surface area contributed by atoms with Gasteiger partial charge in [0, 0.05) is 16.6 Å². The summed E-state index contributed by atoms with van der Waals surface area (Å²) >= 11 is 1.52. The average Bonchev–Trinajstić information content (AvgIpc) is 2.58. The summed E-state index contributed by atoms with van der Waals surface area (Å²) < 4.78 is 26.0. The Kier molecular flexibility index (Phi) is 7.11. The smallest absolute Gasteiger partial charge is 0.238 e. The summed E-state index contributed by atoms with van der Waals surface area (Å²) in [5, 5.41) is 5.26. The van der Waals surface area contributed by atoms with Crippen LogP contribution in [0.5, 0.6) is 0 Å². The highest BCUT2D eigenvalue weighted by Crippen LogP contribution is 2.24. The molecule has 0 spiro atoms. The number of para-hydroxylation sites is 1. The van der Waals surface area contributed by atoms with Gasteiger partial charge in [0.1, 0.15) is 0 Å². The second kappa shape index (κ2) is 9.30. The van der Waals surface area contributed by atoms with Gasteiger partial charge in [-0.25, -0.2) is 8.78 Å². The van der Waals surface area contributed by atoms with Gasteiger partial charge in [-0.3, -0.25) is 14.5 Å². The zero-order valence-electron chi connectivity index (χ0n) is 14.4. The van der Waals surface area contributed by atoms with Gasteiger partial charge in [-0.1, -0.05) is 12.1 Å². The molecule has 2 aromatic rings. The summed E-state index contributed by atoms with van der Waals surface area (Å²) in [6, 6.07) is 10.5. The van der Waals surface area contributed by atoms with E-state index in [0.29, 0.717) is 5.69 Å². The molecule has 0 fully saturated rings. The summed E-state index contributed by atoms with van der Waals surface area (Å²) in [5.41, 5.74) is 0.866. The Bertz CT molecular complexity index is 802.